The average Bonchev–Trinajstić information content (AvgIpc) is 3.40. The molecular formula is C29H20Br2OS. The maximum absolute atomic E-state index is 12.2. The fraction of sp³-hybridized carbons (Fsp3) is 0.138. The Bertz CT molecular complexity index is 1560. The Labute approximate surface area is 213 Å². The van der Waals surface area contributed by atoms with E-state index in [0.717, 1.165) is 23.7 Å². The number of thiophene rings is 1. The van der Waals surface area contributed by atoms with E-state index in [4.69, 9.17) is 0 Å². The van der Waals surface area contributed by atoms with Gasteiger partial charge in [0.2, 0.25) is 0 Å². The highest BCUT2D eigenvalue weighted by Gasteiger charge is 2.23. The van der Waals surface area contributed by atoms with E-state index in [-0.39, 0.29) is 5.78 Å². The molecule has 1 aliphatic carbocycles. The number of rotatable bonds is 5. The fourth-order valence-corrected chi connectivity index (χ4v) is 7.05. The summed E-state index contributed by atoms with van der Waals surface area (Å²) in [7, 11) is 0. The van der Waals surface area contributed by atoms with Crippen LogP contribution in [0.3, 0.4) is 0 Å². The number of hydrogen-bond acceptors (Lipinski definition) is 2. The summed E-state index contributed by atoms with van der Waals surface area (Å²) < 4.78 is 2.43. The molecule has 1 aromatic heterocycles. The molecule has 0 saturated carbocycles. The second kappa shape index (κ2) is 8.50. The number of carbonyl (C=O) groups excluding carboxylic acids is 1. The van der Waals surface area contributed by atoms with Gasteiger partial charge in [-0.05, 0) is 63.9 Å². The van der Waals surface area contributed by atoms with Crippen LogP contribution in [-0.2, 0) is 12.8 Å². The van der Waals surface area contributed by atoms with Crippen molar-refractivity contribution in [1.82, 2.24) is 0 Å². The molecule has 0 unspecified atom stereocenters. The Hall–Kier alpha value is -2.27. The minimum absolute atomic E-state index is 0.119. The Morgan fingerprint density at radius 3 is 2.45 bits per heavy atom. The lowest BCUT2D eigenvalue weighted by atomic mass is 9.89. The van der Waals surface area contributed by atoms with E-state index in [9.17, 15) is 4.79 Å². The molecule has 1 nitrogen and oxygen atoms in total. The van der Waals surface area contributed by atoms with Crippen LogP contribution in [0, 0.1) is 0 Å². The first-order chi connectivity index (χ1) is 16.2. The summed E-state index contributed by atoms with van der Waals surface area (Å²) in [5.41, 5.74) is 10.4. The first-order valence-corrected chi connectivity index (χ1v) is 14.1. The van der Waals surface area contributed by atoms with Crippen molar-refractivity contribution in [2.24, 2.45) is 0 Å². The predicted octanol–water partition coefficient (Wildman–Crippen LogP) is 8.81. The first-order valence-electron chi connectivity index (χ1n) is 11.0. The lowest BCUT2D eigenvalue weighted by Crippen LogP contribution is -1.98. The highest BCUT2D eigenvalue weighted by molar-refractivity contribution is 9.09. The zero-order valence-electron chi connectivity index (χ0n) is 17.8. The van der Waals surface area contributed by atoms with Crippen molar-refractivity contribution >= 4 is 69.2 Å². The first kappa shape index (κ1) is 21.3. The summed E-state index contributed by atoms with van der Waals surface area (Å²) >= 11 is 8.73. The number of benzene rings is 4. The normalized spacial score (nSPS) is 12.3. The molecule has 4 heteroatoms. The molecule has 0 saturated heterocycles. The van der Waals surface area contributed by atoms with Gasteiger partial charge in [0, 0.05) is 31.1 Å². The van der Waals surface area contributed by atoms with E-state index >= 15 is 0 Å². The highest BCUT2D eigenvalue weighted by Crippen LogP contribution is 2.45. The number of ketones is 1. The number of hydrogen-bond donors (Lipinski definition) is 0. The number of aryl methyl sites for hydroxylation is 1. The lowest BCUT2D eigenvalue weighted by Gasteiger charge is -2.15. The van der Waals surface area contributed by atoms with Crippen LogP contribution in [-0.4, -0.2) is 16.4 Å². The van der Waals surface area contributed by atoms with E-state index in [1.165, 1.54) is 59.1 Å². The number of halogens is 2. The number of fused-ring (bicyclic) bond motifs is 6. The maximum Gasteiger partial charge on any atom is 0.173 e. The van der Waals surface area contributed by atoms with Gasteiger partial charge in [0.15, 0.2) is 5.78 Å². The molecule has 0 aliphatic heterocycles. The van der Waals surface area contributed by atoms with E-state index in [2.05, 4.69) is 92.5 Å². The van der Waals surface area contributed by atoms with Gasteiger partial charge in [0.1, 0.15) is 0 Å². The molecule has 0 radical (unpaired) electrons. The van der Waals surface area contributed by atoms with Gasteiger partial charge in [-0.15, -0.1) is 11.3 Å². The van der Waals surface area contributed by atoms with Crippen LogP contribution in [0.2, 0.25) is 0 Å². The van der Waals surface area contributed by atoms with Crippen LogP contribution in [0.1, 0.15) is 27.0 Å². The van der Waals surface area contributed by atoms with Crippen LogP contribution < -0.4 is 0 Å². The van der Waals surface area contributed by atoms with Crippen molar-refractivity contribution in [2.75, 3.05) is 10.7 Å². The molecule has 0 N–H and O–H groups in total. The Morgan fingerprint density at radius 2 is 1.64 bits per heavy atom. The van der Waals surface area contributed by atoms with Crippen LogP contribution >= 0.6 is 43.2 Å². The van der Waals surface area contributed by atoms with Gasteiger partial charge in [0.05, 0.1) is 5.33 Å². The molecule has 0 fully saturated rings. The van der Waals surface area contributed by atoms with E-state index in [0.29, 0.717) is 5.33 Å². The summed E-state index contributed by atoms with van der Waals surface area (Å²) in [6.45, 7) is 0. The van der Waals surface area contributed by atoms with Crippen molar-refractivity contribution in [1.29, 1.82) is 0 Å². The van der Waals surface area contributed by atoms with Gasteiger partial charge < -0.3 is 0 Å². The maximum atomic E-state index is 12.2. The van der Waals surface area contributed by atoms with Crippen molar-refractivity contribution in [3.63, 3.8) is 0 Å². The summed E-state index contributed by atoms with van der Waals surface area (Å²) in [6, 6.07) is 26.4. The van der Waals surface area contributed by atoms with Gasteiger partial charge >= 0.3 is 0 Å². The zero-order valence-corrected chi connectivity index (χ0v) is 21.8. The molecule has 0 amide bonds. The third-order valence-corrected chi connectivity index (χ3v) is 8.66. The molecule has 4 aromatic carbocycles. The molecule has 0 atom stereocenters. The molecule has 5 aromatic rings. The summed E-state index contributed by atoms with van der Waals surface area (Å²) in [5.74, 6) is 0.119. The molecule has 0 bridgehead atoms. The van der Waals surface area contributed by atoms with Crippen LogP contribution in [0.4, 0.5) is 0 Å². The van der Waals surface area contributed by atoms with Crippen LogP contribution in [0.5, 0.6) is 0 Å². The quantitative estimate of drug-likeness (QED) is 0.148. The van der Waals surface area contributed by atoms with Crippen LogP contribution in [0.25, 0.3) is 42.4 Å². The summed E-state index contributed by atoms with van der Waals surface area (Å²) in [6.07, 6.45) is 1.99. The van der Waals surface area contributed by atoms with Crippen molar-refractivity contribution < 1.29 is 4.79 Å². The highest BCUT2D eigenvalue weighted by atomic mass is 79.9. The number of carbonyl (C=O) groups is 1. The molecule has 6 rings (SSSR count). The topological polar surface area (TPSA) is 17.1 Å². The van der Waals surface area contributed by atoms with E-state index < -0.39 is 0 Å². The molecular weight excluding hydrogens is 556 g/mol. The number of alkyl halides is 2. The average molecular weight is 576 g/mol. The summed E-state index contributed by atoms with van der Waals surface area (Å²) in [5, 5.41) is 3.78. The lowest BCUT2D eigenvalue weighted by molar-refractivity contribution is 0.102. The van der Waals surface area contributed by atoms with Crippen molar-refractivity contribution in [2.45, 2.75) is 12.8 Å². The Kier molecular flexibility index (Phi) is 5.48. The second-order valence-corrected chi connectivity index (χ2v) is 10.9. The standard InChI is InChI=1S/C29H20Br2OS/c30-12-11-17-5-8-22-21-4-2-1-3-18(21)13-25(22)29(17)20-7-10-24-23-9-6-19(26(32)16-31)14-27(23)33-28(24)15-20/h1-10,14-15H,11-13,16H2. The molecule has 0 spiro atoms. The monoisotopic (exact) mass is 574 g/mol. The van der Waals surface area contributed by atoms with E-state index in [1.807, 2.05) is 12.1 Å². The fourth-order valence-electron chi connectivity index (χ4n) is 5.11. The molecule has 33 heavy (non-hydrogen) atoms. The zero-order chi connectivity index (χ0) is 22.5. The third kappa shape index (κ3) is 3.51. The second-order valence-electron chi connectivity index (χ2n) is 8.48. The van der Waals surface area contributed by atoms with Gasteiger partial charge in [-0.25, -0.2) is 0 Å². The van der Waals surface area contributed by atoms with Gasteiger partial charge in [-0.3, -0.25) is 4.79 Å². The molecule has 1 aliphatic rings. The Morgan fingerprint density at radius 1 is 0.848 bits per heavy atom. The Balaban J connectivity index is 1.54. The van der Waals surface area contributed by atoms with Gasteiger partial charge in [-0.2, -0.15) is 0 Å². The SMILES string of the molecule is O=C(CBr)c1ccc2c(c1)sc1cc(-c3c(CCBr)ccc4c3Cc3ccccc3-4)ccc12. The number of Topliss-reactive ketones (excluding diaryl/α,β-unsaturated/α-hetero) is 1. The minimum atomic E-state index is 0.119. The van der Waals surface area contributed by atoms with Crippen molar-refractivity contribution in [3.05, 3.63) is 95.1 Å². The van der Waals surface area contributed by atoms with Crippen LogP contribution in [0.15, 0.2) is 72.8 Å². The third-order valence-electron chi connectivity index (χ3n) is 6.64. The largest absolute Gasteiger partial charge is 0.293 e. The van der Waals surface area contributed by atoms with Gasteiger partial charge in [0.25, 0.3) is 0 Å². The smallest absolute Gasteiger partial charge is 0.173 e. The van der Waals surface area contributed by atoms with E-state index in [1.54, 1.807) is 11.3 Å². The molecule has 1 heterocycles. The minimum Gasteiger partial charge on any atom is -0.293 e. The summed E-state index contributed by atoms with van der Waals surface area (Å²) in [4.78, 5) is 12.2. The predicted molar refractivity (Wildman–Crippen MR) is 149 cm³/mol. The van der Waals surface area contributed by atoms with Crippen molar-refractivity contribution in [3.8, 4) is 22.3 Å². The van der Waals surface area contributed by atoms with Gasteiger partial charge in [-0.1, -0.05) is 92.5 Å². The molecule has 162 valence electrons.